The van der Waals surface area contributed by atoms with E-state index in [2.05, 4.69) is 5.32 Å². The summed E-state index contributed by atoms with van der Waals surface area (Å²) in [5, 5.41) is 2.68. The molecule has 3 N–H and O–H groups in total. The van der Waals surface area contributed by atoms with Crippen LogP contribution in [0.4, 0.5) is 5.69 Å². The van der Waals surface area contributed by atoms with Crippen LogP contribution in [0.5, 0.6) is 0 Å². The van der Waals surface area contributed by atoms with Gasteiger partial charge >= 0.3 is 0 Å². The number of halogens is 1. The highest BCUT2D eigenvalue weighted by Crippen LogP contribution is 2.13. The normalized spacial score (nSPS) is 15.5. The summed E-state index contributed by atoms with van der Waals surface area (Å²) in [6, 6.07) is 6.03. The molecule has 8 heteroatoms. The fourth-order valence-electron chi connectivity index (χ4n) is 2.14. The van der Waals surface area contributed by atoms with Gasteiger partial charge in [0.05, 0.1) is 19.8 Å². The van der Waals surface area contributed by atoms with Gasteiger partial charge in [0.1, 0.15) is 6.04 Å². The van der Waals surface area contributed by atoms with Gasteiger partial charge in [-0.25, -0.2) is 0 Å². The fraction of sp³-hybridized carbons (Fsp3) is 0.467. The van der Waals surface area contributed by atoms with Gasteiger partial charge in [-0.05, 0) is 24.3 Å². The third-order valence-corrected chi connectivity index (χ3v) is 3.38. The molecule has 2 amide bonds. The van der Waals surface area contributed by atoms with Gasteiger partial charge in [0.25, 0.3) is 5.91 Å². The lowest BCUT2D eigenvalue weighted by Crippen LogP contribution is -2.40. The number of morpholine rings is 1. The molecular formula is C15H22ClN3O4. The largest absolute Gasteiger partial charge is 0.383 e. The summed E-state index contributed by atoms with van der Waals surface area (Å²) in [5.41, 5.74) is 6.82. The maximum atomic E-state index is 12.3. The van der Waals surface area contributed by atoms with Gasteiger partial charge in [0, 0.05) is 31.5 Å². The molecule has 1 aromatic rings. The number of hydrogen-bond donors (Lipinski definition) is 2. The fourth-order valence-corrected chi connectivity index (χ4v) is 2.14. The van der Waals surface area contributed by atoms with Gasteiger partial charge in [0.15, 0.2) is 0 Å². The highest BCUT2D eigenvalue weighted by molar-refractivity contribution is 5.97. The van der Waals surface area contributed by atoms with Crippen LogP contribution in [0.3, 0.4) is 0 Å². The third kappa shape index (κ3) is 5.47. The lowest BCUT2D eigenvalue weighted by Gasteiger charge is -2.26. The summed E-state index contributed by atoms with van der Waals surface area (Å²) >= 11 is 0. The van der Waals surface area contributed by atoms with Crippen molar-refractivity contribution in [3.05, 3.63) is 29.8 Å². The maximum absolute atomic E-state index is 12.3. The Morgan fingerprint density at radius 1 is 1.30 bits per heavy atom. The summed E-state index contributed by atoms with van der Waals surface area (Å²) in [7, 11) is 1.49. The smallest absolute Gasteiger partial charge is 0.254 e. The molecule has 2 rings (SSSR count). The zero-order valence-corrected chi connectivity index (χ0v) is 13.8. The molecule has 0 bridgehead atoms. The molecular weight excluding hydrogens is 322 g/mol. The molecule has 1 aliphatic heterocycles. The Balaban J connectivity index is 0.00000264. The number of nitrogens with zero attached hydrogens (tertiary/aromatic N) is 1. The molecule has 1 unspecified atom stereocenters. The number of carbonyl (C=O) groups excluding carboxylic acids is 2. The van der Waals surface area contributed by atoms with Gasteiger partial charge < -0.3 is 25.4 Å². The van der Waals surface area contributed by atoms with Crippen molar-refractivity contribution in [1.29, 1.82) is 0 Å². The van der Waals surface area contributed by atoms with Crippen LogP contribution >= 0.6 is 12.4 Å². The molecule has 128 valence electrons. The number of nitrogens with two attached hydrogens (primary N) is 1. The standard InChI is InChI=1S/C15H21N3O4.ClH/c1-21-10-13(16)14(19)17-12-4-2-11(3-5-12)15(20)18-6-8-22-9-7-18;/h2-5,13H,6-10,16H2,1H3,(H,17,19);1H. The van der Waals surface area contributed by atoms with Crippen LogP contribution in [0.15, 0.2) is 24.3 Å². The molecule has 1 aliphatic rings. The van der Waals surface area contributed by atoms with Crippen LogP contribution in [-0.2, 0) is 14.3 Å². The van der Waals surface area contributed by atoms with E-state index in [9.17, 15) is 9.59 Å². The molecule has 0 saturated carbocycles. The van der Waals surface area contributed by atoms with Crippen LogP contribution in [0.1, 0.15) is 10.4 Å². The average Bonchev–Trinajstić information content (AvgIpc) is 2.56. The Morgan fingerprint density at radius 3 is 2.48 bits per heavy atom. The Hall–Kier alpha value is -1.67. The summed E-state index contributed by atoms with van der Waals surface area (Å²) in [6.07, 6.45) is 0. The van der Waals surface area contributed by atoms with Crippen molar-refractivity contribution in [3.63, 3.8) is 0 Å². The highest BCUT2D eigenvalue weighted by Gasteiger charge is 2.18. The van der Waals surface area contributed by atoms with E-state index in [0.29, 0.717) is 37.6 Å². The molecule has 7 nitrogen and oxygen atoms in total. The molecule has 0 aromatic heterocycles. The predicted octanol–water partition coefficient (Wildman–Crippen LogP) is 0.493. The molecule has 1 aromatic carbocycles. The number of rotatable bonds is 5. The number of ether oxygens (including phenoxy) is 2. The van der Waals surface area contributed by atoms with Crippen LogP contribution in [0, 0.1) is 0 Å². The van der Waals surface area contributed by atoms with Gasteiger partial charge in [0.2, 0.25) is 5.91 Å². The minimum atomic E-state index is -0.723. The molecule has 1 heterocycles. The molecule has 0 aliphatic carbocycles. The predicted molar refractivity (Wildman–Crippen MR) is 88.9 cm³/mol. The van der Waals surface area contributed by atoms with Gasteiger partial charge in [-0.15, -0.1) is 12.4 Å². The number of benzene rings is 1. The van der Waals surface area contributed by atoms with E-state index >= 15 is 0 Å². The molecule has 1 atom stereocenters. The molecule has 0 radical (unpaired) electrons. The number of amides is 2. The summed E-state index contributed by atoms with van der Waals surface area (Å²) in [6.45, 7) is 2.49. The van der Waals surface area contributed by atoms with Crippen LogP contribution in [0.25, 0.3) is 0 Å². The van der Waals surface area contributed by atoms with Crippen molar-refractivity contribution in [2.45, 2.75) is 6.04 Å². The molecule has 1 saturated heterocycles. The Labute approximate surface area is 141 Å². The summed E-state index contributed by atoms with van der Waals surface area (Å²) in [5.74, 6) is -0.355. The number of carbonyl (C=O) groups is 2. The van der Waals surface area contributed by atoms with E-state index in [4.69, 9.17) is 15.2 Å². The second-order valence-corrected chi connectivity index (χ2v) is 5.03. The number of hydrogen-bond acceptors (Lipinski definition) is 5. The zero-order valence-electron chi connectivity index (χ0n) is 13.0. The Kier molecular flexibility index (Phi) is 7.97. The van der Waals surface area contributed by atoms with Crippen LogP contribution in [0.2, 0.25) is 0 Å². The zero-order chi connectivity index (χ0) is 15.9. The van der Waals surface area contributed by atoms with Crippen molar-refractivity contribution in [2.75, 3.05) is 45.3 Å². The second-order valence-electron chi connectivity index (χ2n) is 5.03. The molecule has 1 fully saturated rings. The van der Waals surface area contributed by atoms with Crippen molar-refractivity contribution < 1.29 is 19.1 Å². The first-order chi connectivity index (χ1) is 10.6. The first-order valence-corrected chi connectivity index (χ1v) is 7.14. The molecule has 23 heavy (non-hydrogen) atoms. The van der Waals surface area contributed by atoms with Crippen molar-refractivity contribution in [3.8, 4) is 0 Å². The monoisotopic (exact) mass is 343 g/mol. The summed E-state index contributed by atoms with van der Waals surface area (Å²) in [4.78, 5) is 25.8. The highest BCUT2D eigenvalue weighted by atomic mass is 35.5. The van der Waals surface area contributed by atoms with Crippen LogP contribution < -0.4 is 11.1 Å². The summed E-state index contributed by atoms with van der Waals surface area (Å²) < 4.78 is 10.1. The van der Waals surface area contributed by atoms with Crippen LogP contribution in [-0.4, -0.2) is 62.8 Å². The first-order valence-electron chi connectivity index (χ1n) is 7.14. The quantitative estimate of drug-likeness (QED) is 0.811. The SMILES string of the molecule is COCC(N)C(=O)Nc1ccc(C(=O)N2CCOCC2)cc1.Cl. The molecule has 0 spiro atoms. The maximum Gasteiger partial charge on any atom is 0.254 e. The third-order valence-electron chi connectivity index (χ3n) is 3.38. The van der Waals surface area contributed by atoms with E-state index in [1.165, 1.54) is 7.11 Å². The van der Waals surface area contributed by atoms with E-state index in [1.807, 2.05) is 0 Å². The minimum Gasteiger partial charge on any atom is -0.383 e. The second kappa shape index (κ2) is 9.46. The van der Waals surface area contributed by atoms with Crippen molar-refractivity contribution in [2.24, 2.45) is 5.73 Å². The van der Waals surface area contributed by atoms with Crippen molar-refractivity contribution in [1.82, 2.24) is 4.90 Å². The van der Waals surface area contributed by atoms with Gasteiger partial charge in [-0.3, -0.25) is 9.59 Å². The van der Waals surface area contributed by atoms with E-state index in [0.717, 1.165) is 0 Å². The van der Waals surface area contributed by atoms with E-state index in [-0.39, 0.29) is 30.8 Å². The topological polar surface area (TPSA) is 93.9 Å². The van der Waals surface area contributed by atoms with Crippen molar-refractivity contribution >= 4 is 29.9 Å². The number of methoxy groups -OCH3 is 1. The average molecular weight is 344 g/mol. The van der Waals surface area contributed by atoms with Gasteiger partial charge in [-0.1, -0.05) is 0 Å². The number of anilines is 1. The van der Waals surface area contributed by atoms with Gasteiger partial charge in [-0.2, -0.15) is 0 Å². The Morgan fingerprint density at radius 2 is 1.91 bits per heavy atom. The lowest BCUT2D eigenvalue weighted by atomic mass is 10.1. The minimum absolute atomic E-state index is 0. The van der Waals surface area contributed by atoms with E-state index < -0.39 is 6.04 Å². The number of nitrogens with one attached hydrogen (secondary N) is 1. The lowest BCUT2D eigenvalue weighted by molar-refractivity contribution is -0.118. The first kappa shape index (κ1) is 19.4. The Bertz CT molecular complexity index is 518. The van der Waals surface area contributed by atoms with E-state index in [1.54, 1.807) is 29.2 Å².